The molecular weight excluding hydrogens is 314 g/mol. The second-order valence-electron chi connectivity index (χ2n) is 4.84. The minimum Gasteiger partial charge on any atom is -0.478 e. The Balaban J connectivity index is 2.21. The van der Waals surface area contributed by atoms with Gasteiger partial charge in [-0.2, -0.15) is 0 Å². The number of halogens is 1. The van der Waals surface area contributed by atoms with E-state index in [4.69, 9.17) is 11.6 Å². The fourth-order valence-electron chi connectivity index (χ4n) is 2.28. The molecule has 1 amide bonds. The van der Waals surface area contributed by atoms with Gasteiger partial charge in [-0.05, 0) is 24.1 Å². The van der Waals surface area contributed by atoms with Crippen molar-refractivity contribution in [1.29, 1.82) is 0 Å². The summed E-state index contributed by atoms with van der Waals surface area (Å²) in [5.74, 6) is -0.646. The molecule has 0 aliphatic carbocycles. The molecule has 0 saturated carbocycles. The van der Waals surface area contributed by atoms with Crippen LogP contribution in [0.25, 0.3) is 0 Å². The van der Waals surface area contributed by atoms with E-state index >= 15 is 0 Å². The molecule has 0 aromatic heterocycles. The van der Waals surface area contributed by atoms with Gasteiger partial charge in [-0.3, -0.25) is 9.59 Å². The van der Waals surface area contributed by atoms with Gasteiger partial charge in [0, 0.05) is 30.7 Å². The molecule has 1 heterocycles. The number of benzene rings is 1. The van der Waals surface area contributed by atoms with Gasteiger partial charge in [-0.15, -0.1) is 0 Å². The fraction of sp³-hybridized carbons (Fsp3) is 0.357. The first kappa shape index (κ1) is 15.9. The van der Waals surface area contributed by atoms with E-state index < -0.39 is 5.97 Å². The molecule has 1 N–H and O–H groups in total. The Bertz CT molecular complexity index is 605. The Morgan fingerprint density at radius 1 is 1.48 bits per heavy atom. The van der Waals surface area contributed by atoms with Crippen LogP contribution in [0, 0.1) is 5.92 Å². The molecule has 112 valence electrons. The highest BCUT2D eigenvalue weighted by molar-refractivity contribution is 8.13. The van der Waals surface area contributed by atoms with Gasteiger partial charge >= 0.3 is 5.97 Å². The summed E-state index contributed by atoms with van der Waals surface area (Å²) in [6.45, 7) is 1.90. The number of carboxylic acid groups (broad SMARTS) is 1. The number of hydrogen-bond donors (Lipinski definition) is 1. The second kappa shape index (κ2) is 6.49. The lowest BCUT2D eigenvalue weighted by molar-refractivity contribution is -0.117. The van der Waals surface area contributed by atoms with E-state index in [-0.39, 0.29) is 22.5 Å². The SMILES string of the molecule is CC(=O)SCC1CC(=O)N(c2ccc(Cl)cc2C(=O)O)C1. The maximum Gasteiger partial charge on any atom is 0.337 e. The van der Waals surface area contributed by atoms with Crippen LogP contribution in [0.2, 0.25) is 5.02 Å². The first-order valence-corrected chi connectivity index (χ1v) is 7.71. The molecular formula is C14H14ClNO4S. The highest BCUT2D eigenvalue weighted by atomic mass is 35.5. The molecule has 7 heteroatoms. The summed E-state index contributed by atoms with van der Waals surface area (Å²) in [6.07, 6.45) is 0.321. The molecule has 0 bridgehead atoms. The van der Waals surface area contributed by atoms with E-state index in [1.54, 1.807) is 12.1 Å². The average Bonchev–Trinajstić information content (AvgIpc) is 2.77. The van der Waals surface area contributed by atoms with E-state index in [9.17, 15) is 19.5 Å². The van der Waals surface area contributed by atoms with Crippen molar-refractivity contribution in [2.45, 2.75) is 13.3 Å². The Morgan fingerprint density at radius 3 is 2.81 bits per heavy atom. The van der Waals surface area contributed by atoms with Crippen LogP contribution in [0.15, 0.2) is 18.2 Å². The number of carbonyl (C=O) groups is 3. The first-order chi connectivity index (χ1) is 9.88. The Morgan fingerprint density at radius 2 is 2.19 bits per heavy atom. The van der Waals surface area contributed by atoms with Crippen LogP contribution in [-0.2, 0) is 9.59 Å². The van der Waals surface area contributed by atoms with Crippen molar-refractivity contribution in [3.63, 3.8) is 0 Å². The molecule has 0 spiro atoms. The summed E-state index contributed by atoms with van der Waals surface area (Å²) in [5, 5.41) is 9.56. The zero-order valence-electron chi connectivity index (χ0n) is 11.3. The third kappa shape index (κ3) is 3.77. The van der Waals surface area contributed by atoms with Crippen LogP contribution < -0.4 is 4.90 Å². The van der Waals surface area contributed by atoms with Gasteiger partial charge < -0.3 is 10.0 Å². The van der Waals surface area contributed by atoms with Gasteiger partial charge in [0.15, 0.2) is 5.12 Å². The molecule has 1 fully saturated rings. The van der Waals surface area contributed by atoms with Gasteiger partial charge in [0.25, 0.3) is 0 Å². The number of carbonyl (C=O) groups excluding carboxylic acids is 2. The zero-order valence-corrected chi connectivity index (χ0v) is 12.9. The van der Waals surface area contributed by atoms with Crippen molar-refractivity contribution in [3.05, 3.63) is 28.8 Å². The van der Waals surface area contributed by atoms with Crippen LogP contribution in [0.4, 0.5) is 5.69 Å². The molecule has 5 nitrogen and oxygen atoms in total. The second-order valence-corrected chi connectivity index (χ2v) is 6.48. The summed E-state index contributed by atoms with van der Waals surface area (Å²) in [6, 6.07) is 4.45. The third-order valence-electron chi connectivity index (χ3n) is 3.21. The van der Waals surface area contributed by atoms with E-state index in [1.807, 2.05) is 0 Å². The van der Waals surface area contributed by atoms with Gasteiger partial charge in [0.1, 0.15) is 0 Å². The topological polar surface area (TPSA) is 74.7 Å². The van der Waals surface area contributed by atoms with Crippen LogP contribution in [-0.4, -0.2) is 34.4 Å². The molecule has 1 atom stereocenters. The van der Waals surface area contributed by atoms with Crippen LogP contribution in [0.5, 0.6) is 0 Å². The summed E-state index contributed by atoms with van der Waals surface area (Å²) in [7, 11) is 0. The molecule has 0 radical (unpaired) electrons. The number of anilines is 1. The van der Waals surface area contributed by atoms with E-state index in [0.717, 1.165) is 0 Å². The van der Waals surface area contributed by atoms with Crippen molar-refractivity contribution in [2.24, 2.45) is 5.92 Å². The van der Waals surface area contributed by atoms with Crippen molar-refractivity contribution in [1.82, 2.24) is 0 Å². The van der Waals surface area contributed by atoms with Gasteiger partial charge in [0.2, 0.25) is 5.91 Å². The molecule has 1 aliphatic heterocycles. The predicted octanol–water partition coefficient (Wildman–Crippen LogP) is 2.67. The van der Waals surface area contributed by atoms with Crippen molar-refractivity contribution >= 4 is 46.0 Å². The lowest BCUT2D eigenvalue weighted by Gasteiger charge is -2.19. The Hall–Kier alpha value is -1.53. The standard InChI is InChI=1S/C14H14ClNO4S/c1-8(17)21-7-9-4-13(18)16(6-9)12-3-2-10(15)5-11(12)14(19)20/h2-3,5,9H,4,6-7H2,1H3,(H,19,20). The first-order valence-electron chi connectivity index (χ1n) is 6.35. The molecule has 21 heavy (non-hydrogen) atoms. The number of hydrogen-bond acceptors (Lipinski definition) is 4. The number of nitrogens with zero attached hydrogens (tertiary/aromatic N) is 1. The maximum absolute atomic E-state index is 12.1. The summed E-state index contributed by atoms with van der Waals surface area (Å²) in [4.78, 5) is 35.8. The van der Waals surface area contributed by atoms with Gasteiger partial charge in [-0.1, -0.05) is 23.4 Å². The van der Waals surface area contributed by atoms with Crippen molar-refractivity contribution < 1.29 is 19.5 Å². The average molecular weight is 328 g/mol. The highest BCUT2D eigenvalue weighted by Gasteiger charge is 2.32. The van der Waals surface area contributed by atoms with Crippen molar-refractivity contribution in [3.8, 4) is 0 Å². The molecule has 2 rings (SSSR count). The minimum atomic E-state index is -1.12. The third-order valence-corrected chi connectivity index (χ3v) is 4.49. The number of rotatable bonds is 4. The van der Waals surface area contributed by atoms with Crippen LogP contribution >= 0.6 is 23.4 Å². The van der Waals surface area contributed by atoms with E-state index in [0.29, 0.717) is 29.4 Å². The lowest BCUT2D eigenvalue weighted by atomic mass is 10.1. The van der Waals surface area contributed by atoms with Gasteiger partial charge in [-0.25, -0.2) is 4.79 Å². The highest BCUT2D eigenvalue weighted by Crippen LogP contribution is 2.31. The molecule has 1 aromatic carbocycles. The maximum atomic E-state index is 12.1. The molecule has 1 aliphatic rings. The van der Waals surface area contributed by atoms with E-state index in [2.05, 4.69) is 0 Å². The van der Waals surface area contributed by atoms with Crippen LogP contribution in [0.1, 0.15) is 23.7 Å². The Labute approximate surface area is 131 Å². The van der Waals surface area contributed by atoms with E-state index in [1.165, 1.54) is 29.7 Å². The monoisotopic (exact) mass is 327 g/mol. The minimum absolute atomic E-state index is 0.00993. The van der Waals surface area contributed by atoms with Gasteiger partial charge in [0.05, 0.1) is 11.3 Å². The number of aromatic carboxylic acids is 1. The summed E-state index contributed by atoms with van der Waals surface area (Å²) < 4.78 is 0. The van der Waals surface area contributed by atoms with Crippen LogP contribution in [0.3, 0.4) is 0 Å². The number of amides is 1. The fourth-order valence-corrected chi connectivity index (χ4v) is 3.14. The largest absolute Gasteiger partial charge is 0.478 e. The summed E-state index contributed by atoms with van der Waals surface area (Å²) in [5.41, 5.74) is 0.364. The number of carboxylic acids is 1. The predicted molar refractivity (Wildman–Crippen MR) is 82.0 cm³/mol. The van der Waals surface area contributed by atoms with Crippen molar-refractivity contribution in [2.75, 3.05) is 17.2 Å². The molecule has 1 saturated heterocycles. The molecule has 1 unspecified atom stereocenters. The molecule has 1 aromatic rings. The smallest absolute Gasteiger partial charge is 0.337 e. The Kier molecular flexibility index (Phi) is 4.90. The normalized spacial score (nSPS) is 18.1. The number of thioether (sulfide) groups is 1. The summed E-state index contributed by atoms with van der Waals surface area (Å²) >= 11 is 7.00. The quantitative estimate of drug-likeness (QED) is 0.920. The zero-order chi connectivity index (χ0) is 15.6. The lowest BCUT2D eigenvalue weighted by Crippen LogP contribution is -2.26.